The molecule has 0 radical (unpaired) electrons. The molecule has 0 saturated heterocycles. The minimum atomic E-state index is -0.396. The zero-order valence-corrected chi connectivity index (χ0v) is 7.54. The van der Waals surface area contributed by atoms with E-state index in [0.29, 0.717) is 5.69 Å². The molecule has 3 N–H and O–H groups in total. The zero-order chi connectivity index (χ0) is 6.69. The van der Waals surface area contributed by atoms with E-state index in [1.165, 1.54) is 13.3 Å². The normalized spacial score (nSPS) is 7.36. The van der Waals surface area contributed by atoms with E-state index in [1.54, 1.807) is 6.07 Å². The molecule has 0 spiro atoms. The fourth-order valence-corrected chi connectivity index (χ4v) is 0.480. The number of aromatic amines is 1. The van der Waals surface area contributed by atoms with Crippen molar-refractivity contribution in [2.75, 3.05) is 7.11 Å². The van der Waals surface area contributed by atoms with Gasteiger partial charge in [-0.15, -0.1) is 0 Å². The lowest BCUT2D eigenvalue weighted by Gasteiger charge is -1.90. The first-order chi connectivity index (χ1) is 4.34. The summed E-state index contributed by atoms with van der Waals surface area (Å²) in [7, 11) is 1.32. The molecule has 0 aromatic carbocycles. The molecule has 0 aliphatic carbocycles. The second-order valence-corrected chi connectivity index (χ2v) is 1.46. The Labute approximate surface area is 67.1 Å². The number of hydrogen-bond donors (Lipinski definition) is 1. The molecule has 11 heavy (non-hydrogen) atoms. The second-order valence-electron chi connectivity index (χ2n) is 1.46. The zero-order valence-electron chi connectivity index (χ0n) is 6.13. The standard InChI is InChI=1S/C5H6N2O2.H2O.H3P/c1-9-5(8)4-2-3-6-7-4;;/h2-3H,1H3,(H,6,7);1H2;1H3. The van der Waals surface area contributed by atoms with Crippen molar-refractivity contribution in [3.05, 3.63) is 18.0 Å². The van der Waals surface area contributed by atoms with Crippen molar-refractivity contribution in [2.45, 2.75) is 0 Å². The van der Waals surface area contributed by atoms with Crippen molar-refractivity contribution in [3.63, 3.8) is 0 Å². The molecule has 0 amide bonds. The van der Waals surface area contributed by atoms with Gasteiger partial charge in [-0.2, -0.15) is 15.0 Å². The van der Waals surface area contributed by atoms with Gasteiger partial charge in [0.2, 0.25) is 0 Å². The molecule has 0 bridgehead atoms. The fourth-order valence-electron chi connectivity index (χ4n) is 0.480. The van der Waals surface area contributed by atoms with E-state index >= 15 is 0 Å². The first kappa shape index (κ1) is 12.7. The number of rotatable bonds is 1. The molecule has 1 atom stereocenters. The molecular formula is C5H11N2O3P. The number of hydrogen-bond acceptors (Lipinski definition) is 3. The van der Waals surface area contributed by atoms with E-state index in [9.17, 15) is 4.79 Å². The SMILES string of the molecule is COC(=O)c1ccn[nH]1.O.P. The van der Waals surface area contributed by atoms with Crippen molar-refractivity contribution in [3.8, 4) is 0 Å². The lowest BCUT2D eigenvalue weighted by molar-refractivity contribution is 0.0594. The van der Waals surface area contributed by atoms with Crippen molar-refractivity contribution in [1.29, 1.82) is 0 Å². The van der Waals surface area contributed by atoms with Crippen LogP contribution >= 0.6 is 9.90 Å². The average Bonchev–Trinajstić information content (AvgIpc) is 2.37. The Kier molecular flexibility index (Phi) is 6.74. The third-order valence-corrected chi connectivity index (χ3v) is 0.906. The van der Waals surface area contributed by atoms with Crippen LogP contribution < -0.4 is 0 Å². The molecule has 0 aliphatic heterocycles. The van der Waals surface area contributed by atoms with E-state index in [0.717, 1.165) is 0 Å². The number of methoxy groups -OCH3 is 1. The summed E-state index contributed by atoms with van der Waals surface area (Å²) in [5, 5.41) is 6.03. The lowest BCUT2D eigenvalue weighted by atomic mass is 10.4. The maximum absolute atomic E-state index is 10.6. The smallest absolute Gasteiger partial charge is 0.356 e. The summed E-state index contributed by atoms with van der Waals surface area (Å²) in [5.41, 5.74) is 0.373. The minimum absolute atomic E-state index is 0. The van der Waals surface area contributed by atoms with Gasteiger partial charge in [0.05, 0.1) is 7.11 Å². The van der Waals surface area contributed by atoms with Gasteiger partial charge in [0.1, 0.15) is 5.69 Å². The van der Waals surface area contributed by atoms with Crippen LogP contribution in [-0.4, -0.2) is 28.8 Å². The summed E-state index contributed by atoms with van der Waals surface area (Å²) >= 11 is 0. The number of aromatic nitrogens is 2. The minimum Gasteiger partial charge on any atom is -0.464 e. The largest absolute Gasteiger partial charge is 0.464 e. The summed E-state index contributed by atoms with van der Waals surface area (Å²) in [6, 6.07) is 1.55. The Hall–Kier alpha value is -0.930. The Bertz CT molecular complexity index is 200. The Morgan fingerprint density at radius 3 is 2.73 bits per heavy atom. The topological polar surface area (TPSA) is 86.5 Å². The summed E-state index contributed by atoms with van der Waals surface area (Å²) in [6.07, 6.45) is 1.49. The summed E-state index contributed by atoms with van der Waals surface area (Å²) in [6.45, 7) is 0. The number of nitrogens with zero attached hydrogens (tertiary/aromatic N) is 1. The van der Waals surface area contributed by atoms with E-state index in [1.807, 2.05) is 0 Å². The van der Waals surface area contributed by atoms with Crippen LogP contribution in [-0.2, 0) is 4.74 Å². The summed E-state index contributed by atoms with van der Waals surface area (Å²) < 4.78 is 4.38. The molecule has 1 aromatic rings. The third kappa shape index (κ3) is 3.11. The monoisotopic (exact) mass is 178 g/mol. The number of nitrogens with one attached hydrogen (secondary N) is 1. The van der Waals surface area contributed by atoms with E-state index < -0.39 is 5.97 Å². The molecule has 5 nitrogen and oxygen atoms in total. The highest BCUT2D eigenvalue weighted by molar-refractivity contribution is 6.92. The predicted octanol–water partition coefficient (Wildman–Crippen LogP) is -0.570. The Balaban J connectivity index is 0. The molecule has 0 saturated carbocycles. The fraction of sp³-hybridized carbons (Fsp3) is 0.200. The lowest BCUT2D eigenvalue weighted by Crippen LogP contribution is -2.00. The average molecular weight is 178 g/mol. The van der Waals surface area contributed by atoms with Gasteiger partial charge in [0.25, 0.3) is 0 Å². The van der Waals surface area contributed by atoms with Crippen LogP contribution in [0.4, 0.5) is 0 Å². The first-order valence-corrected chi connectivity index (χ1v) is 2.42. The maximum Gasteiger partial charge on any atom is 0.356 e. The van der Waals surface area contributed by atoms with E-state index in [-0.39, 0.29) is 15.4 Å². The van der Waals surface area contributed by atoms with Crippen LogP contribution in [0.15, 0.2) is 12.3 Å². The number of H-pyrrole nitrogens is 1. The van der Waals surface area contributed by atoms with Gasteiger partial charge in [-0.3, -0.25) is 5.10 Å². The van der Waals surface area contributed by atoms with Crippen molar-refractivity contribution in [1.82, 2.24) is 10.2 Å². The Morgan fingerprint density at radius 2 is 2.36 bits per heavy atom. The van der Waals surface area contributed by atoms with Crippen LogP contribution in [0.1, 0.15) is 10.5 Å². The van der Waals surface area contributed by atoms with Gasteiger partial charge >= 0.3 is 5.97 Å². The van der Waals surface area contributed by atoms with Crippen LogP contribution in [0.5, 0.6) is 0 Å². The molecule has 0 fully saturated rings. The summed E-state index contributed by atoms with van der Waals surface area (Å²) in [4.78, 5) is 10.6. The summed E-state index contributed by atoms with van der Waals surface area (Å²) in [5.74, 6) is -0.396. The molecule has 6 heteroatoms. The maximum atomic E-state index is 10.6. The van der Waals surface area contributed by atoms with Crippen molar-refractivity contribution >= 4 is 15.9 Å². The molecule has 1 aromatic heterocycles. The van der Waals surface area contributed by atoms with Crippen LogP contribution in [0.2, 0.25) is 0 Å². The molecular weight excluding hydrogens is 167 g/mol. The van der Waals surface area contributed by atoms with E-state index in [4.69, 9.17) is 0 Å². The van der Waals surface area contributed by atoms with Crippen molar-refractivity contribution < 1.29 is 15.0 Å². The number of carbonyl (C=O) groups excluding carboxylic acids is 1. The molecule has 1 rings (SSSR count). The highest BCUT2D eigenvalue weighted by Gasteiger charge is 2.03. The molecule has 64 valence electrons. The highest BCUT2D eigenvalue weighted by atomic mass is 31.0. The van der Waals surface area contributed by atoms with Gasteiger partial charge < -0.3 is 10.2 Å². The quantitative estimate of drug-likeness (QED) is 0.461. The number of ether oxygens (including phenoxy) is 1. The van der Waals surface area contributed by atoms with Gasteiger partial charge in [0, 0.05) is 6.20 Å². The van der Waals surface area contributed by atoms with Gasteiger partial charge in [0.15, 0.2) is 0 Å². The first-order valence-electron chi connectivity index (χ1n) is 2.42. The van der Waals surface area contributed by atoms with Gasteiger partial charge in [-0.05, 0) is 6.07 Å². The predicted molar refractivity (Wildman–Crippen MR) is 44.6 cm³/mol. The van der Waals surface area contributed by atoms with Gasteiger partial charge in [-0.1, -0.05) is 0 Å². The number of esters is 1. The van der Waals surface area contributed by atoms with Crippen LogP contribution in [0, 0.1) is 0 Å². The third-order valence-electron chi connectivity index (χ3n) is 0.906. The van der Waals surface area contributed by atoms with Crippen LogP contribution in [0.3, 0.4) is 0 Å². The van der Waals surface area contributed by atoms with Crippen LogP contribution in [0.25, 0.3) is 0 Å². The second kappa shape index (κ2) is 5.82. The Morgan fingerprint density at radius 1 is 1.73 bits per heavy atom. The molecule has 0 aliphatic rings. The number of carbonyl (C=O) groups is 1. The molecule has 1 heterocycles. The van der Waals surface area contributed by atoms with E-state index in [2.05, 4.69) is 14.9 Å². The van der Waals surface area contributed by atoms with Gasteiger partial charge in [-0.25, -0.2) is 4.79 Å². The highest BCUT2D eigenvalue weighted by Crippen LogP contribution is 1.92. The molecule has 1 unspecified atom stereocenters. The van der Waals surface area contributed by atoms with Crippen molar-refractivity contribution in [2.24, 2.45) is 0 Å².